The molecule has 3 N–H and O–H groups in total. The van der Waals surface area contributed by atoms with Gasteiger partial charge in [-0.3, -0.25) is 9.78 Å². The van der Waals surface area contributed by atoms with Gasteiger partial charge in [-0.2, -0.15) is 5.10 Å². The molecule has 4 rings (SSSR count). The van der Waals surface area contributed by atoms with Crippen LogP contribution in [0.25, 0.3) is 6.08 Å². The smallest absolute Gasteiger partial charge is 0.339 e. The molecule has 2 aromatic carbocycles. The number of amides is 1. The van der Waals surface area contributed by atoms with Crippen LogP contribution in [-0.2, 0) is 4.79 Å². The van der Waals surface area contributed by atoms with Gasteiger partial charge in [-0.25, -0.2) is 10.2 Å². The first kappa shape index (κ1) is 21.6. The Balaban J connectivity index is 1.45. The molecule has 9 nitrogen and oxygen atoms in total. The van der Waals surface area contributed by atoms with Gasteiger partial charge in [0.1, 0.15) is 5.75 Å². The molecule has 33 heavy (non-hydrogen) atoms. The number of nitrogen functional groups attached to an aromatic ring is 1. The van der Waals surface area contributed by atoms with E-state index >= 15 is 0 Å². The number of ether oxygens (including phenoxy) is 3. The number of esters is 1. The van der Waals surface area contributed by atoms with Crippen LogP contribution in [0.4, 0.5) is 5.69 Å². The third-order valence-electron chi connectivity index (χ3n) is 4.71. The molecule has 3 aromatic rings. The third kappa shape index (κ3) is 5.16. The Bertz CT molecular complexity index is 1250. The number of para-hydroxylation sites is 1. The van der Waals surface area contributed by atoms with Crippen molar-refractivity contribution in [2.75, 3.05) is 12.5 Å². The Hall–Kier alpha value is -4.66. The highest BCUT2D eigenvalue weighted by atomic mass is 16.7. The van der Waals surface area contributed by atoms with E-state index in [9.17, 15) is 9.59 Å². The zero-order chi connectivity index (χ0) is 23.2. The topological polar surface area (TPSA) is 125 Å². The highest BCUT2D eigenvalue weighted by Gasteiger charge is 2.17. The van der Waals surface area contributed by atoms with Gasteiger partial charge in [0.25, 0.3) is 5.91 Å². The molecule has 0 radical (unpaired) electrons. The summed E-state index contributed by atoms with van der Waals surface area (Å²) < 4.78 is 16.2. The van der Waals surface area contributed by atoms with Crippen LogP contribution in [0.2, 0.25) is 0 Å². The lowest BCUT2D eigenvalue weighted by Crippen LogP contribution is -2.17. The minimum atomic E-state index is -0.561. The Morgan fingerprint density at radius 3 is 2.61 bits per heavy atom. The summed E-state index contributed by atoms with van der Waals surface area (Å²) in [5.41, 5.74) is 10.8. The van der Waals surface area contributed by atoms with Crippen LogP contribution in [0.1, 0.15) is 28.4 Å². The summed E-state index contributed by atoms with van der Waals surface area (Å²) in [4.78, 5) is 28.6. The maximum absolute atomic E-state index is 12.7. The molecule has 9 heteroatoms. The molecule has 0 saturated heterocycles. The number of pyridine rings is 1. The predicted octanol–water partition coefficient (Wildman–Crippen LogP) is 3.17. The Kier molecular flexibility index (Phi) is 6.31. The van der Waals surface area contributed by atoms with Crippen molar-refractivity contribution in [2.45, 2.75) is 6.92 Å². The van der Waals surface area contributed by atoms with E-state index in [1.165, 1.54) is 18.6 Å². The first-order chi connectivity index (χ1) is 16.0. The number of nitrogens with one attached hydrogen (secondary N) is 1. The van der Waals surface area contributed by atoms with Crippen molar-refractivity contribution < 1.29 is 23.8 Å². The standard InChI is InChI=1S/C24H20N4O5/c1-15(10-18-11-21-22(12-19(18)25)32-14-31-21)24(30)33-20-5-3-2-4-17(20)13-27-28-23(29)16-6-8-26-9-7-16/h2-13H,14,25H2,1H3,(H,28,29). The van der Waals surface area contributed by atoms with Gasteiger partial charge < -0.3 is 19.9 Å². The minimum Gasteiger partial charge on any atom is -0.454 e. The zero-order valence-corrected chi connectivity index (χ0v) is 17.6. The number of hydrazone groups is 1. The summed E-state index contributed by atoms with van der Waals surface area (Å²) in [6, 6.07) is 13.3. The van der Waals surface area contributed by atoms with Gasteiger partial charge >= 0.3 is 5.97 Å². The molecular weight excluding hydrogens is 424 g/mol. The Labute approximate surface area is 189 Å². The van der Waals surface area contributed by atoms with Crippen LogP contribution in [0.15, 0.2) is 71.6 Å². The predicted molar refractivity (Wildman–Crippen MR) is 122 cm³/mol. The lowest BCUT2D eigenvalue weighted by molar-refractivity contribution is -0.130. The molecule has 166 valence electrons. The molecule has 1 aliphatic heterocycles. The fourth-order valence-corrected chi connectivity index (χ4v) is 2.98. The van der Waals surface area contributed by atoms with Crippen LogP contribution in [0.3, 0.4) is 0 Å². The van der Waals surface area contributed by atoms with Crippen LogP contribution in [-0.4, -0.2) is 29.9 Å². The molecule has 0 unspecified atom stereocenters. The molecule has 0 bridgehead atoms. The van der Waals surface area contributed by atoms with E-state index in [0.717, 1.165) is 0 Å². The monoisotopic (exact) mass is 444 g/mol. The summed E-state index contributed by atoms with van der Waals surface area (Å²) in [7, 11) is 0. The molecule has 1 amide bonds. The van der Waals surface area contributed by atoms with Gasteiger partial charge in [0.05, 0.1) is 6.21 Å². The maximum Gasteiger partial charge on any atom is 0.339 e. The van der Waals surface area contributed by atoms with Crippen molar-refractivity contribution in [1.29, 1.82) is 0 Å². The average Bonchev–Trinajstić information content (AvgIpc) is 3.27. The number of nitrogens with zero attached hydrogens (tertiary/aromatic N) is 2. The van der Waals surface area contributed by atoms with Gasteiger partial charge in [-0.15, -0.1) is 0 Å². The summed E-state index contributed by atoms with van der Waals surface area (Å²) in [6.07, 6.45) is 6.04. The lowest BCUT2D eigenvalue weighted by Gasteiger charge is -2.08. The SMILES string of the molecule is CC(=Cc1cc2c(cc1N)OCO2)C(=O)Oc1ccccc1C=NNC(=O)c1ccncc1. The van der Waals surface area contributed by atoms with Gasteiger partial charge in [-0.05, 0) is 43.3 Å². The number of hydrogen-bond donors (Lipinski definition) is 2. The Morgan fingerprint density at radius 1 is 1.09 bits per heavy atom. The third-order valence-corrected chi connectivity index (χ3v) is 4.71. The highest BCUT2D eigenvalue weighted by Crippen LogP contribution is 2.36. The fourth-order valence-electron chi connectivity index (χ4n) is 2.98. The number of benzene rings is 2. The summed E-state index contributed by atoms with van der Waals surface area (Å²) in [5, 5.41) is 3.95. The molecule has 0 spiro atoms. The van der Waals surface area contributed by atoms with Gasteiger partial charge in [0.2, 0.25) is 6.79 Å². The van der Waals surface area contributed by atoms with Crippen LogP contribution in [0.5, 0.6) is 17.2 Å². The molecule has 2 heterocycles. The van der Waals surface area contributed by atoms with Gasteiger partial charge in [0.15, 0.2) is 11.5 Å². The van der Waals surface area contributed by atoms with E-state index in [-0.39, 0.29) is 18.4 Å². The molecule has 1 aromatic heterocycles. The van der Waals surface area contributed by atoms with Crippen molar-refractivity contribution >= 4 is 29.9 Å². The van der Waals surface area contributed by atoms with Gasteiger partial charge in [-0.1, -0.05) is 12.1 Å². The average molecular weight is 444 g/mol. The normalized spacial score (nSPS) is 12.6. The molecule has 0 saturated carbocycles. The van der Waals surface area contributed by atoms with Crippen molar-refractivity contribution in [3.63, 3.8) is 0 Å². The molecule has 1 aliphatic rings. The molecule has 0 aliphatic carbocycles. The number of fused-ring (bicyclic) bond motifs is 1. The molecular formula is C24H20N4O5. The first-order valence-corrected chi connectivity index (χ1v) is 9.93. The van der Waals surface area contributed by atoms with Crippen molar-refractivity contribution in [3.8, 4) is 17.2 Å². The number of rotatable bonds is 6. The quantitative estimate of drug-likeness (QED) is 0.149. The van der Waals surface area contributed by atoms with Crippen LogP contribution in [0, 0.1) is 0 Å². The second-order valence-corrected chi connectivity index (χ2v) is 7.02. The van der Waals surface area contributed by atoms with Crippen molar-refractivity contribution in [3.05, 3.63) is 83.2 Å². The largest absolute Gasteiger partial charge is 0.454 e. The summed E-state index contributed by atoms with van der Waals surface area (Å²) >= 11 is 0. The summed E-state index contributed by atoms with van der Waals surface area (Å²) in [5.74, 6) is 0.467. The second kappa shape index (κ2) is 9.65. The Morgan fingerprint density at radius 2 is 1.82 bits per heavy atom. The highest BCUT2D eigenvalue weighted by molar-refractivity contribution is 5.97. The number of carbonyl (C=O) groups excluding carboxylic acids is 2. The van der Waals surface area contributed by atoms with Gasteiger partial charge in [0, 0.05) is 46.4 Å². The van der Waals surface area contributed by atoms with Crippen LogP contribution < -0.4 is 25.4 Å². The second-order valence-electron chi connectivity index (χ2n) is 7.02. The number of nitrogens with two attached hydrogens (primary N) is 1. The molecule has 0 fully saturated rings. The number of aromatic nitrogens is 1. The summed E-state index contributed by atoms with van der Waals surface area (Å²) in [6.45, 7) is 1.75. The van der Waals surface area contributed by atoms with E-state index in [0.29, 0.717) is 39.4 Å². The van der Waals surface area contributed by atoms with E-state index in [2.05, 4.69) is 15.5 Å². The molecule has 0 atom stereocenters. The lowest BCUT2D eigenvalue weighted by atomic mass is 10.1. The maximum atomic E-state index is 12.7. The van der Waals surface area contributed by atoms with E-state index < -0.39 is 5.97 Å². The van der Waals surface area contributed by atoms with Crippen LogP contribution >= 0.6 is 0 Å². The van der Waals surface area contributed by atoms with Crippen molar-refractivity contribution in [2.24, 2.45) is 5.10 Å². The first-order valence-electron chi connectivity index (χ1n) is 9.93. The number of hydrogen-bond acceptors (Lipinski definition) is 8. The number of carbonyl (C=O) groups is 2. The van der Waals surface area contributed by atoms with E-state index in [4.69, 9.17) is 19.9 Å². The van der Waals surface area contributed by atoms with Crippen molar-refractivity contribution in [1.82, 2.24) is 10.4 Å². The fraction of sp³-hybridized carbons (Fsp3) is 0.0833. The van der Waals surface area contributed by atoms with E-state index in [1.807, 2.05) is 0 Å². The minimum absolute atomic E-state index is 0.129. The van der Waals surface area contributed by atoms with E-state index in [1.54, 1.807) is 61.5 Å². The number of anilines is 1. The zero-order valence-electron chi connectivity index (χ0n) is 17.6.